The molecule has 90 valence electrons. The van der Waals surface area contributed by atoms with E-state index in [2.05, 4.69) is 51.7 Å². The van der Waals surface area contributed by atoms with E-state index in [9.17, 15) is 5.11 Å². The van der Waals surface area contributed by atoms with E-state index in [0.717, 1.165) is 16.4 Å². The number of halogens is 1. The van der Waals surface area contributed by atoms with Crippen LogP contribution in [0.5, 0.6) is 0 Å². The smallest absolute Gasteiger partial charge is 0.222 e. The summed E-state index contributed by atoms with van der Waals surface area (Å²) in [5, 5.41) is 12.6. The molecule has 0 fully saturated rings. The molecule has 0 saturated carbocycles. The van der Waals surface area contributed by atoms with Gasteiger partial charge in [0.2, 0.25) is 5.95 Å². The van der Waals surface area contributed by atoms with Crippen LogP contribution in [0.3, 0.4) is 0 Å². The molecule has 4 nitrogen and oxygen atoms in total. The molecule has 0 aliphatic heterocycles. The molecule has 5 heteroatoms. The highest BCUT2D eigenvalue weighted by atomic mass is 127. The maximum absolute atomic E-state index is 9.42. The molecular formula is C11H18IN3O. The van der Waals surface area contributed by atoms with Crippen LogP contribution >= 0.6 is 22.6 Å². The highest BCUT2D eigenvalue weighted by Crippen LogP contribution is 2.25. The van der Waals surface area contributed by atoms with Crippen LogP contribution in [0.25, 0.3) is 0 Å². The lowest BCUT2D eigenvalue weighted by Crippen LogP contribution is -2.32. The van der Waals surface area contributed by atoms with Crippen LogP contribution in [-0.4, -0.2) is 28.2 Å². The maximum Gasteiger partial charge on any atom is 0.222 e. The van der Waals surface area contributed by atoms with E-state index in [1.165, 1.54) is 0 Å². The molecule has 0 aromatic carbocycles. The van der Waals surface area contributed by atoms with Gasteiger partial charge in [-0.2, -0.15) is 0 Å². The Bertz CT molecular complexity index is 303. The molecule has 0 saturated heterocycles. The van der Waals surface area contributed by atoms with Crippen molar-refractivity contribution in [3.63, 3.8) is 0 Å². The summed E-state index contributed by atoms with van der Waals surface area (Å²) in [5.74, 6) is 0.625. The van der Waals surface area contributed by atoms with Crippen LogP contribution in [0.2, 0.25) is 0 Å². The Kier molecular flexibility index (Phi) is 5.40. The molecule has 0 radical (unpaired) electrons. The quantitative estimate of drug-likeness (QED) is 0.784. The third kappa shape index (κ3) is 3.55. The van der Waals surface area contributed by atoms with Gasteiger partial charge in [0.25, 0.3) is 0 Å². The van der Waals surface area contributed by atoms with E-state index in [-0.39, 0.29) is 12.0 Å². The molecule has 0 atom stereocenters. The molecule has 0 aliphatic carbocycles. The zero-order valence-corrected chi connectivity index (χ0v) is 11.9. The zero-order chi connectivity index (χ0) is 12.0. The van der Waals surface area contributed by atoms with Gasteiger partial charge in [-0.3, -0.25) is 0 Å². The summed E-state index contributed by atoms with van der Waals surface area (Å²) in [6.45, 7) is 5.08. The Morgan fingerprint density at radius 3 is 2.31 bits per heavy atom. The van der Waals surface area contributed by atoms with E-state index in [1.807, 2.05) is 0 Å². The van der Waals surface area contributed by atoms with Crippen molar-refractivity contribution in [1.29, 1.82) is 0 Å². The fourth-order valence-corrected chi connectivity index (χ4v) is 1.73. The molecule has 1 aromatic rings. The van der Waals surface area contributed by atoms with Gasteiger partial charge in [-0.15, -0.1) is 0 Å². The van der Waals surface area contributed by atoms with Crippen molar-refractivity contribution in [1.82, 2.24) is 9.97 Å². The summed E-state index contributed by atoms with van der Waals surface area (Å²) in [5.41, 5.74) is -0.0631. The molecule has 1 rings (SSSR count). The predicted octanol–water partition coefficient (Wildman–Crippen LogP) is 2.29. The Labute approximate surface area is 110 Å². The molecule has 16 heavy (non-hydrogen) atoms. The van der Waals surface area contributed by atoms with Gasteiger partial charge in [0.05, 0.1) is 6.61 Å². The lowest BCUT2D eigenvalue weighted by atomic mass is 9.83. The van der Waals surface area contributed by atoms with Gasteiger partial charge in [0.1, 0.15) is 0 Å². The number of aliphatic hydroxyl groups excluding tert-OH is 1. The first-order valence-corrected chi connectivity index (χ1v) is 6.56. The summed E-state index contributed by atoms with van der Waals surface area (Å²) >= 11 is 2.17. The fourth-order valence-electron chi connectivity index (χ4n) is 1.45. The number of hydrogen-bond donors (Lipinski definition) is 2. The minimum absolute atomic E-state index is 0.0631. The Morgan fingerprint density at radius 2 is 1.88 bits per heavy atom. The Morgan fingerprint density at radius 1 is 1.31 bits per heavy atom. The number of rotatable bonds is 6. The number of nitrogens with one attached hydrogen (secondary N) is 1. The van der Waals surface area contributed by atoms with Gasteiger partial charge < -0.3 is 10.4 Å². The maximum atomic E-state index is 9.42. The Hall–Kier alpha value is -0.430. The molecule has 1 aromatic heterocycles. The van der Waals surface area contributed by atoms with Crippen molar-refractivity contribution in [3.8, 4) is 0 Å². The number of hydrogen-bond acceptors (Lipinski definition) is 4. The summed E-state index contributed by atoms with van der Waals surface area (Å²) < 4.78 is 1.02. The number of nitrogens with zero attached hydrogens (tertiary/aromatic N) is 2. The van der Waals surface area contributed by atoms with Crippen molar-refractivity contribution in [2.75, 3.05) is 18.5 Å². The lowest BCUT2D eigenvalue weighted by Gasteiger charge is -2.29. The highest BCUT2D eigenvalue weighted by Gasteiger charge is 2.25. The molecule has 0 spiro atoms. The third-order valence-electron chi connectivity index (χ3n) is 3.08. The topological polar surface area (TPSA) is 58.0 Å². The van der Waals surface area contributed by atoms with Crippen LogP contribution in [0.1, 0.15) is 26.7 Å². The van der Waals surface area contributed by atoms with Gasteiger partial charge in [-0.1, -0.05) is 13.8 Å². The van der Waals surface area contributed by atoms with Gasteiger partial charge in [-0.25, -0.2) is 9.97 Å². The normalized spacial score (nSPS) is 11.5. The Balaban J connectivity index is 2.58. The second-order valence-electron chi connectivity index (χ2n) is 3.94. The van der Waals surface area contributed by atoms with Gasteiger partial charge >= 0.3 is 0 Å². The number of anilines is 1. The highest BCUT2D eigenvalue weighted by molar-refractivity contribution is 14.1. The first-order chi connectivity index (χ1) is 7.65. The summed E-state index contributed by atoms with van der Waals surface area (Å²) in [4.78, 5) is 8.35. The van der Waals surface area contributed by atoms with Crippen molar-refractivity contribution >= 4 is 28.5 Å². The van der Waals surface area contributed by atoms with Gasteiger partial charge in [-0.05, 0) is 35.4 Å². The summed E-state index contributed by atoms with van der Waals surface area (Å²) in [7, 11) is 0. The van der Waals surface area contributed by atoms with Crippen molar-refractivity contribution < 1.29 is 5.11 Å². The number of aliphatic hydroxyl groups is 1. The molecule has 1 heterocycles. The molecule has 0 bridgehead atoms. The van der Waals surface area contributed by atoms with Gasteiger partial charge in [0.15, 0.2) is 0 Å². The van der Waals surface area contributed by atoms with E-state index in [1.54, 1.807) is 12.4 Å². The fraction of sp³-hybridized carbons (Fsp3) is 0.636. The van der Waals surface area contributed by atoms with Crippen LogP contribution < -0.4 is 5.32 Å². The second-order valence-corrected chi connectivity index (χ2v) is 5.19. The van der Waals surface area contributed by atoms with E-state index in [4.69, 9.17) is 0 Å². The standard InChI is InChI=1S/C11H18IN3O/c1-3-11(4-2,8-16)7-15-10-13-5-9(12)6-14-10/h5-6,16H,3-4,7-8H2,1-2H3,(H,13,14,15). The lowest BCUT2D eigenvalue weighted by molar-refractivity contribution is 0.127. The summed E-state index contributed by atoms with van der Waals surface area (Å²) in [6, 6.07) is 0. The van der Waals surface area contributed by atoms with Gasteiger partial charge in [0, 0.05) is 27.9 Å². The molecule has 0 aliphatic rings. The van der Waals surface area contributed by atoms with E-state index in [0.29, 0.717) is 12.5 Å². The minimum atomic E-state index is -0.0631. The van der Waals surface area contributed by atoms with E-state index >= 15 is 0 Å². The van der Waals surface area contributed by atoms with Crippen LogP contribution in [0, 0.1) is 8.99 Å². The molecule has 2 N–H and O–H groups in total. The van der Waals surface area contributed by atoms with Crippen molar-refractivity contribution in [3.05, 3.63) is 16.0 Å². The molecular weight excluding hydrogens is 317 g/mol. The minimum Gasteiger partial charge on any atom is -0.396 e. The van der Waals surface area contributed by atoms with Crippen LogP contribution in [-0.2, 0) is 0 Å². The van der Waals surface area contributed by atoms with Crippen molar-refractivity contribution in [2.24, 2.45) is 5.41 Å². The largest absolute Gasteiger partial charge is 0.396 e. The monoisotopic (exact) mass is 335 g/mol. The SMILES string of the molecule is CCC(CC)(CO)CNc1ncc(I)cn1. The number of aromatic nitrogens is 2. The third-order valence-corrected chi connectivity index (χ3v) is 3.63. The van der Waals surface area contributed by atoms with E-state index < -0.39 is 0 Å². The first kappa shape index (κ1) is 13.6. The second kappa shape index (κ2) is 6.34. The first-order valence-electron chi connectivity index (χ1n) is 5.48. The van der Waals surface area contributed by atoms with Crippen molar-refractivity contribution in [2.45, 2.75) is 26.7 Å². The predicted molar refractivity (Wildman–Crippen MR) is 73.3 cm³/mol. The summed E-state index contributed by atoms with van der Waals surface area (Å²) in [6.07, 6.45) is 5.43. The molecule has 0 unspecified atom stereocenters. The molecule has 0 amide bonds. The van der Waals surface area contributed by atoms with Crippen LogP contribution in [0.15, 0.2) is 12.4 Å². The average molecular weight is 335 g/mol. The average Bonchev–Trinajstić information content (AvgIpc) is 2.34. The zero-order valence-electron chi connectivity index (χ0n) is 9.70. The van der Waals surface area contributed by atoms with Crippen LogP contribution in [0.4, 0.5) is 5.95 Å².